The van der Waals surface area contributed by atoms with Gasteiger partial charge in [-0.15, -0.1) is 0 Å². The molecule has 17 heavy (non-hydrogen) atoms. The maximum atomic E-state index is 11.9. The molecule has 0 unspecified atom stereocenters. The van der Waals surface area contributed by atoms with Crippen molar-refractivity contribution in [1.29, 1.82) is 0 Å². The first kappa shape index (κ1) is 10.4. The van der Waals surface area contributed by atoms with Gasteiger partial charge in [-0.25, -0.2) is 0 Å². The lowest BCUT2D eigenvalue weighted by molar-refractivity contribution is 1.34. The number of H-pyrrole nitrogens is 1. The molecule has 0 spiro atoms. The van der Waals surface area contributed by atoms with Crippen LogP contribution in [0.4, 0.5) is 0 Å². The predicted octanol–water partition coefficient (Wildman–Crippen LogP) is 3.64. The molecular formula is C14H10ClNO. The van der Waals surface area contributed by atoms with Crippen LogP contribution in [0.15, 0.2) is 41.2 Å². The van der Waals surface area contributed by atoms with E-state index in [4.69, 9.17) is 11.6 Å². The number of hydrogen-bond acceptors (Lipinski definition) is 1. The second-order valence-corrected chi connectivity index (χ2v) is 4.58. The van der Waals surface area contributed by atoms with E-state index in [-0.39, 0.29) is 5.56 Å². The highest BCUT2D eigenvalue weighted by molar-refractivity contribution is 6.31. The van der Waals surface area contributed by atoms with E-state index in [1.54, 1.807) is 6.07 Å². The molecule has 1 aromatic heterocycles. The zero-order chi connectivity index (χ0) is 12.0. The lowest BCUT2D eigenvalue weighted by atomic mass is 10.0. The molecule has 0 fully saturated rings. The van der Waals surface area contributed by atoms with Gasteiger partial charge in [-0.1, -0.05) is 23.7 Å². The van der Waals surface area contributed by atoms with Gasteiger partial charge in [0.25, 0.3) is 5.56 Å². The molecule has 0 amide bonds. The van der Waals surface area contributed by atoms with Crippen LogP contribution in [-0.2, 0) is 0 Å². The maximum absolute atomic E-state index is 11.9. The molecule has 0 saturated heterocycles. The monoisotopic (exact) mass is 243 g/mol. The Hall–Kier alpha value is -1.80. The van der Waals surface area contributed by atoms with Gasteiger partial charge in [0.15, 0.2) is 0 Å². The molecule has 2 aromatic carbocycles. The van der Waals surface area contributed by atoms with Crippen LogP contribution in [0.25, 0.3) is 21.7 Å². The first-order chi connectivity index (χ1) is 8.16. The van der Waals surface area contributed by atoms with Crippen LogP contribution in [-0.4, -0.2) is 4.98 Å². The molecule has 1 N–H and O–H groups in total. The van der Waals surface area contributed by atoms with Crippen molar-refractivity contribution in [3.8, 4) is 0 Å². The number of aromatic amines is 1. The van der Waals surface area contributed by atoms with E-state index >= 15 is 0 Å². The summed E-state index contributed by atoms with van der Waals surface area (Å²) in [6, 6.07) is 11.2. The van der Waals surface area contributed by atoms with E-state index in [1.165, 1.54) is 0 Å². The van der Waals surface area contributed by atoms with E-state index in [1.807, 2.05) is 37.3 Å². The van der Waals surface area contributed by atoms with Crippen LogP contribution in [0.2, 0.25) is 5.02 Å². The fourth-order valence-corrected chi connectivity index (χ4v) is 2.41. The SMILES string of the molecule is Cc1cccc2c(=O)[nH]c3ccc(Cl)cc3c12. The molecular weight excluding hydrogens is 234 g/mol. The van der Waals surface area contributed by atoms with E-state index in [9.17, 15) is 4.79 Å². The van der Waals surface area contributed by atoms with Crippen molar-refractivity contribution >= 4 is 33.3 Å². The van der Waals surface area contributed by atoms with E-state index < -0.39 is 0 Å². The Morgan fingerprint density at radius 1 is 1.12 bits per heavy atom. The molecule has 0 radical (unpaired) electrons. The molecule has 3 aromatic rings. The van der Waals surface area contributed by atoms with Crippen LogP contribution in [0, 0.1) is 6.92 Å². The number of rotatable bonds is 0. The number of aryl methyl sites for hydroxylation is 1. The Bertz CT molecular complexity index is 789. The van der Waals surface area contributed by atoms with Gasteiger partial charge in [-0.3, -0.25) is 4.79 Å². The van der Waals surface area contributed by atoms with Crippen molar-refractivity contribution in [2.24, 2.45) is 0 Å². The van der Waals surface area contributed by atoms with Gasteiger partial charge in [0.05, 0.1) is 0 Å². The molecule has 1 heterocycles. The Labute approximate surface area is 103 Å². The summed E-state index contributed by atoms with van der Waals surface area (Å²) in [7, 11) is 0. The molecule has 0 saturated carbocycles. The Kier molecular flexibility index (Phi) is 2.20. The van der Waals surface area contributed by atoms with Crippen LogP contribution in [0.3, 0.4) is 0 Å². The summed E-state index contributed by atoms with van der Waals surface area (Å²) in [4.78, 5) is 14.8. The summed E-state index contributed by atoms with van der Waals surface area (Å²) in [5.41, 5.74) is 1.85. The summed E-state index contributed by atoms with van der Waals surface area (Å²) in [5, 5.41) is 3.35. The normalized spacial score (nSPS) is 11.2. The fourth-order valence-electron chi connectivity index (χ4n) is 2.24. The van der Waals surface area contributed by atoms with Crippen molar-refractivity contribution in [2.45, 2.75) is 6.92 Å². The Balaban J connectivity index is 2.70. The van der Waals surface area contributed by atoms with Crippen LogP contribution < -0.4 is 5.56 Å². The largest absolute Gasteiger partial charge is 0.321 e. The summed E-state index contributed by atoms with van der Waals surface area (Å²) < 4.78 is 0. The van der Waals surface area contributed by atoms with Crippen molar-refractivity contribution < 1.29 is 0 Å². The van der Waals surface area contributed by atoms with Gasteiger partial charge < -0.3 is 4.98 Å². The number of aromatic nitrogens is 1. The summed E-state index contributed by atoms with van der Waals surface area (Å²) in [6.45, 7) is 2.00. The molecule has 84 valence electrons. The van der Waals surface area contributed by atoms with E-state index in [2.05, 4.69) is 4.98 Å². The molecule has 0 atom stereocenters. The zero-order valence-electron chi connectivity index (χ0n) is 9.25. The third kappa shape index (κ3) is 1.53. The van der Waals surface area contributed by atoms with Crippen LogP contribution in [0.5, 0.6) is 0 Å². The number of fused-ring (bicyclic) bond motifs is 3. The van der Waals surface area contributed by atoms with Gasteiger partial charge in [-0.05, 0) is 42.1 Å². The van der Waals surface area contributed by atoms with Crippen LogP contribution >= 0.6 is 11.6 Å². The lowest BCUT2D eigenvalue weighted by Gasteiger charge is -2.06. The number of hydrogen-bond donors (Lipinski definition) is 1. The fraction of sp³-hybridized carbons (Fsp3) is 0.0714. The number of halogens is 1. The van der Waals surface area contributed by atoms with E-state index in [0.717, 1.165) is 21.9 Å². The van der Waals surface area contributed by atoms with Gasteiger partial charge in [0.2, 0.25) is 0 Å². The molecule has 3 heteroatoms. The van der Waals surface area contributed by atoms with Crippen molar-refractivity contribution in [1.82, 2.24) is 4.98 Å². The minimum absolute atomic E-state index is 0.0569. The van der Waals surface area contributed by atoms with Crippen LogP contribution in [0.1, 0.15) is 5.56 Å². The molecule has 0 bridgehead atoms. The quantitative estimate of drug-likeness (QED) is 0.601. The summed E-state index contributed by atoms with van der Waals surface area (Å²) in [5.74, 6) is 0. The van der Waals surface area contributed by atoms with Gasteiger partial charge in [0.1, 0.15) is 0 Å². The average molecular weight is 244 g/mol. The third-order valence-electron chi connectivity index (χ3n) is 3.02. The zero-order valence-corrected chi connectivity index (χ0v) is 10.0. The van der Waals surface area contributed by atoms with Gasteiger partial charge >= 0.3 is 0 Å². The molecule has 2 nitrogen and oxygen atoms in total. The topological polar surface area (TPSA) is 32.9 Å². The minimum Gasteiger partial charge on any atom is -0.321 e. The third-order valence-corrected chi connectivity index (χ3v) is 3.25. The standard InChI is InChI=1S/C14H10ClNO/c1-8-3-2-4-10-13(8)11-7-9(15)5-6-12(11)16-14(10)17/h2-7H,1H3,(H,16,17). The van der Waals surface area contributed by atoms with Crippen molar-refractivity contribution in [2.75, 3.05) is 0 Å². The first-order valence-electron chi connectivity index (χ1n) is 5.38. The Morgan fingerprint density at radius 3 is 2.76 bits per heavy atom. The van der Waals surface area contributed by atoms with Gasteiger partial charge in [0, 0.05) is 21.3 Å². The predicted molar refractivity (Wildman–Crippen MR) is 71.8 cm³/mol. The number of benzene rings is 2. The van der Waals surface area contributed by atoms with Crippen molar-refractivity contribution in [3.05, 3.63) is 57.3 Å². The Morgan fingerprint density at radius 2 is 1.94 bits per heavy atom. The van der Waals surface area contributed by atoms with Gasteiger partial charge in [-0.2, -0.15) is 0 Å². The highest BCUT2D eigenvalue weighted by Gasteiger charge is 2.07. The highest BCUT2D eigenvalue weighted by atomic mass is 35.5. The molecule has 0 aliphatic rings. The highest BCUT2D eigenvalue weighted by Crippen LogP contribution is 2.26. The van der Waals surface area contributed by atoms with Crippen molar-refractivity contribution in [3.63, 3.8) is 0 Å². The number of pyridine rings is 1. The number of nitrogens with one attached hydrogen (secondary N) is 1. The molecule has 3 rings (SSSR count). The maximum Gasteiger partial charge on any atom is 0.256 e. The smallest absolute Gasteiger partial charge is 0.256 e. The van der Waals surface area contributed by atoms with E-state index in [0.29, 0.717) is 10.4 Å². The minimum atomic E-state index is -0.0569. The second-order valence-electron chi connectivity index (χ2n) is 4.14. The molecule has 0 aliphatic heterocycles. The first-order valence-corrected chi connectivity index (χ1v) is 5.75. The second kappa shape index (κ2) is 3.60. The summed E-state index contributed by atoms with van der Waals surface area (Å²) in [6.07, 6.45) is 0. The lowest BCUT2D eigenvalue weighted by Crippen LogP contribution is -2.06. The summed E-state index contributed by atoms with van der Waals surface area (Å²) >= 11 is 6.02. The molecule has 0 aliphatic carbocycles. The average Bonchev–Trinajstić information content (AvgIpc) is 2.30.